The molecule has 266 valence electrons. The van der Waals surface area contributed by atoms with Gasteiger partial charge in [0.1, 0.15) is 0 Å². The van der Waals surface area contributed by atoms with Crippen LogP contribution in [0.5, 0.6) is 0 Å². The summed E-state index contributed by atoms with van der Waals surface area (Å²) in [5.74, 6) is 0. The van der Waals surface area contributed by atoms with Crippen LogP contribution in [0.25, 0.3) is 105 Å². The van der Waals surface area contributed by atoms with Crippen LogP contribution in [-0.4, -0.2) is 13.7 Å². The van der Waals surface area contributed by atoms with Crippen LogP contribution in [0.1, 0.15) is 0 Å². The highest BCUT2D eigenvalue weighted by atomic mass is 15.0. The Balaban J connectivity index is 1.01. The predicted octanol–water partition coefficient (Wildman–Crippen LogP) is 14.3. The van der Waals surface area contributed by atoms with Gasteiger partial charge in [0.15, 0.2) is 0 Å². The maximum Gasteiger partial charge on any atom is 0.0542 e. The second-order valence-corrected chi connectivity index (χ2v) is 15.0. The topological polar surface area (TPSA) is 14.8 Å². The summed E-state index contributed by atoms with van der Waals surface area (Å²) in [5, 5.41) is 7.49. The first kappa shape index (κ1) is 31.7. The third-order valence-corrected chi connectivity index (χ3v) is 11.8. The van der Waals surface area contributed by atoms with Crippen molar-refractivity contribution in [2.45, 2.75) is 0 Å². The second kappa shape index (κ2) is 12.5. The number of rotatable bonds is 5. The molecule has 0 amide bonds. The van der Waals surface area contributed by atoms with Crippen molar-refractivity contribution in [2.24, 2.45) is 0 Å². The molecule has 3 aromatic heterocycles. The molecule has 0 aliphatic heterocycles. The molecule has 0 N–H and O–H groups in total. The third-order valence-electron chi connectivity index (χ3n) is 11.8. The molecule has 0 fully saturated rings. The fourth-order valence-corrected chi connectivity index (χ4v) is 9.27. The summed E-state index contributed by atoms with van der Waals surface area (Å²) in [6.07, 6.45) is 0. The van der Waals surface area contributed by atoms with Crippen molar-refractivity contribution in [1.82, 2.24) is 13.7 Å². The number of para-hydroxylation sites is 4. The fourth-order valence-electron chi connectivity index (χ4n) is 9.27. The molecule has 3 heterocycles. The van der Waals surface area contributed by atoms with Gasteiger partial charge in [-0.25, -0.2) is 0 Å². The Hall–Kier alpha value is -7.62. The molecule has 0 bridgehead atoms. The van der Waals surface area contributed by atoms with Gasteiger partial charge >= 0.3 is 0 Å². The van der Waals surface area contributed by atoms with Gasteiger partial charge in [-0.3, -0.25) is 0 Å². The molecule has 9 aromatic carbocycles. The van der Waals surface area contributed by atoms with E-state index in [1.165, 1.54) is 87.7 Å². The Kier molecular flexibility index (Phi) is 6.93. The maximum atomic E-state index is 2.44. The van der Waals surface area contributed by atoms with Crippen LogP contribution in [0.15, 0.2) is 212 Å². The van der Waals surface area contributed by atoms with E-state index in [-0.39, 0.29) is 0 Å². The summed E-state index contributed by atoms with van der Waals surface area (Å²) >= 11 is 0. The Morgan fingerprint density at radius 1 is 0.193 bits per heavy atom. The van der Waals surface area contributed by atoms with E-state index >= 15 is 0 Å². The van der Waals surface area contributed by atoms with Gasteiger partial charge in [0.05, 0.1) is 33.1 Å². The summed E-state index contributed by atoms with van der Waals surface area (Å²) < 4.78 is 7.26. The van der Waals surface area contributed by atoms with Gasteiger partial charge in [0.2, 0.25) is 0 Å². The largest absolute Gasteiger partial charge is 0.309 e. The molecule has 0 atom stereocenters. The zero-order valence-corrected chi connectivity index (χ0v) is 31.0. The first-order valence-corrected chi connectivity index (χ1v) is 19.6. The smallest absolute Gasteiger partial charge is 0.0542 e. The van der Waals surface area contributed by atoms with Gasteiger partial charge < -0.3 is 13.7 Å². The van der Waals surface area contributed by atoms with Crippen LogP contribution >= 0.6 is 0 Å². The highest BCUT2D eigenvalue weighted by Crippen LogP contribution is 2.39. The van der Waals surface area contributed by atoms with E-state index in [9.17, 15) is 0 Å². The van der Waals surface area contributed by atoms with E-state index in [0.717, 1.165) is 17.1 Å². The molecule has 12 aromatic rings. The lowest BCUT2D eigenvalue weighted by atomic mass is 10.00. The van der Waals surface area contributed by atoms with E-state index in [2.05, 4.69) is 226 Å². The highest BCUT2D eigenvalue weighted by Gasteiger charge is 2.18. The lowest BCUT2D eigenvalue weighted by Crippen LogP contribution is -1.97. The van der Waals surface area contributed by atoms with Crippen LogP contribution in [0.2, 0.25) is 0 Å². The van der Waals surface area contributed by atoms with Gasteiger partial charge in [-0.2, -0.15) is 0 Å². The average Bonchev–Trinajstić information content (AvgIpc) is 3.92. The highest BCUT2D eigenvalue weighted by molar-refractivity contribution is 6.14. The lowest BCUT2D eigenvalue weighted by Gasteiger charge is -2.12. The van der Waals surface area contributed by atoms with Gasteiger partial charge in [-0.15, -0.1) is 0 Å². The van der Waals surface area contributed by atoms with E-state index in [4.69, 9.17) is 0 Å². The molecule has 0 aliphatic carbocycles. The molecular formula is C54H35N3. The van der Waals surface area contributed by atoms with Crippen LogP contribution in [0, 0.1) is 0 Å². The van der Waals surface area contributed by atoms with Crippen molar-refractivity contribution < 1.29 is 0 Å². The standard InChI is InChI=1S/C54H35N3/c1-2-13-36(14-3-1)37-25-27-38(28-26-37)39-15-12-16-40(33-39)55-51-23-10-6-19-45(51)47-35-42(30-31-53(47)55)57-52-24-11-7-20-46(52)48-34-41(29-32-54(48)57)56-49-21-8-4-17-43(49)44-18-5-9-22-50(44)56/h1-35H. The van der Waals surface area contributed by atoms with Crippen LogP contribution < -0.4 is 0 Å². The number of fused-ring (bicyclic) bond motifs is 9. The van der Waals surface area contributed by atoms with Crippen molar-refractivity contribution >= 4 is 65.4 Å². The molecule has 3 nitrogen and oxygen atoms in total. The van der Waals surface area contributed by atoms with E-state index in [1.807, 2.05) is 0 Å². The summed E-state index contributed by atoms with van der Waals surface area (Å²) in [5.41, 5.74) is 15.5. The van der Waals surface area contributed by atoms with Crippen molar-refractivity contribution in [1.29, 1.82) is 0 Å². The molecule has 57 heavy (non-hydrogen) atoms. The van der Waals surface area contributed by atoms with Crippen LogP contribution in [0.3, 0.4) is 0 Å². The fraction of sp³-hybridized carbons (Fsp3) is 0. The van der Waals surface area contributed by atoms with Crippen LogP contribution in [-0.2, 0) is 0 Å². The number of aromatic nitrogens is 3. The number of nitrogens with zero attached hydrogens (tertiary/aromatic N) is 3. The SMILES string of the molecule is c1ccc(-c2ccc(-c3cccc(-n4c5ccccc5c5cc(-n6c7ccccc7c7cc(-n8c9ccccc9c9ccccc98)ccc76)ccc54)c3)cc2)cc1. The van der Waals surface area contributed by atoms with E-state index in [1.54, 1.807) is 0 Å². The maximum absolute atomic E-state index is 2.44. The van der Waals surface area contributed by atoms with Gasteiger partial charge in [0, 0.05) is 49.4 Å². The molecule has 0 saturated carbocycles. The monoisotopic (exact) mass is 725 g/mol. The average molecular weight is 726 g/mol. The summed E-state index contributed by atoms with van der Waals surface area (Å²) in [4.78, 5) is 0. The molecule has 0 spiro atoms. The van der Waals surface area contributed by atoms with Crippen molar-refractivity contribution in [3.8, 4) is 39.3 Å². The molecule has 0 unspecified atom stereocenters. The first-order valence-electron chi connectivity index (χ1n) is 19.6. The quantitative estimate of drug-likeness (QED) is 0.168. The normalized spacial score (nSPS) is 11.9. The summed E-state index contributed by atoms with van der Waals surface area (Å²) in [6.45, 7) is 0. The van der Waals surface area contributed by atoms with Crippen LogP contribution in [0.4, 0.5) is 0 Å². The lowest BCUT2D eigenvalue weighted by molar-refractivity contribution is 1.16. The van der Waals surface area contributed by atoms with E-state index < -0.39 is 0 Å². The summed E-state index contributed by atoms with van der Waals surface area (Å²) in [6, 6.07) is 77.4. The molecule has 12 rings (SSSR count). The Labute approximate surface area is 329 Å². The third kappa shape index (κ3) is 4.86. The number of hydrogen-bond donors (Lipinski definition) is 0. The van der Waals surface area contributed by atoms with Crippen molar-refractivity contribution in [2.75, 3.05) is 0 Å². The Bertz CT molecular complexity index is 3450. The number of hydrogen-bond acceptors (Lipinski definition) is 0. The minimum absolute atomic E-state index is 1.15. The second-order valence-electron chi connectivity index (χ2n) is 15.0. The number of benzene rings is 9. The van der Waals surface area contributed by atoms with Gasteiger partial charge in [-0.05, 0) is 95.1 Å². The van der Waals surface area contributed by atoms with Crippen molar-refractivity contribution in [3.05, 3.63) is 212 Å². The Morgan fingerprint density at radius 2 is 0.526 bits per heavy atom. The van der Waals surface area contributed by atoms with Gasteiger partial charge in [0.25, 0.3) is 0 Å². The predicted molar refractivity (Wildman–Crippen MR) is 240 cm³/mol. The van der Waals surface area contributed by atoms with Gasteiger partial charge in [-0.1, -0.05) is 140 Å². The molecule has 0 saturated heterocycles. The Morgan fingerprint density at radius 3 is 1.00 bits per heavy atom. The zero-order chi connectivity index (χ0) is 37.5. The minimum atomic E-state index is 1.15. The van der Waals surface area contributed by atoms with E-state index in [0.29, 0.717) is 0 Å². The molecule has 0 radical (unpaired) electrons. The first-order chi connectivity index (χ1) is 28.3. The summed E-state index contributed by atoms with van der Waals surface area (Å²) in [7, 11) is 0. The van der Waals surface area contributed by atoms with Crippen molar-refractivity contribution in [3.63, 3.8) is 0 Å². The molecule has 0 aliphatic rings. The minimum Gasteiger partial charge on any atom is -0.309 e. The zero-order valence-electron chi connectivity index (χ0n) is 31.0. The molecular weight excluding hydrogens is 691 g/mol. The molecule has 3 heteroatoms.